The average molecular weight is 371 g/mol. The van der Waals surface area contributed by atoms with Crippen LogP contribution >= 0.6 is 0 Å². The number of guanidine groups is 1. The Hall–Kier alpha value is -2.70. The van der Waals surface area contributed by atoms with Gasteiger partial charge in [-0.1, -0.05) is 26.0 Å². The van der Waals surface area contributed by atoms with Crippen molar-refractivity contribution >= 4 is 5.96 Å². The second-order valence-electron chi connectivity index (χ2n) is 7.15. The first-order valence-corrected chi connectivity index (χ1v) is 9.30. The molecule has 0 amide bonds. The van der Waals surface area contributed by atoms with E-state index in [1.807, 2.05) is 43.0 Å². The molecule has 0 radical (unpaired) electrons. The molecule has 0 spiro atoms. The number of aromatic nitrogens is 2. The quantitative estimate of drug-likeness (QED) is 0.646. The molecule has 1 N–H and O–H groups in total. The number of hydrogen-bond acceptors (Lipinski definition) is 4. The number of fused-ring (bicyclic) bond motifs is 1. The van der Waals surface area contributed by atoms with Crippen LogP contribution in [0.25, 0.3) is 0 Å². The Bertz CT molecular complexity index is 799. The largest absolute Gasteiger partial charge is 0.486 e. The third kappa shape index (κ3) is 4.53. The van der Waals surface area contributed by atoms with Gasteiger partial charge in [0.25, 0.3) is 0 Å². The van der Waals surface area contributed by atoms with Gasteiger partial charge in [0.2, 0.25) is 0 Å². The Morgan fingerprint density at radius 3 is 2.81 bits per heavy atom. The van der Waals surface area contributed by atoms with Crippen molar-refractivity contribution in [1.82, 2.24) is 20.0 Å². The molecule has 0 fully saturated rings. The normalized spacial score (nSPS) is 16.5. The van der Waals surface area contributed by atoms with Crippen LogP contribution in [-0.4, -0.2) is 54.0 Å². The Labute approximate surface area is 161 Å². The maximum atomic E-state index is 6.00. The van der Waals surface area contributed by atoms with Crippen LogP contribution in [0.1, 0.15) is 31.0 Å². The van der Waals surface area contributed by atoms with Gasteiger partial charge in [0.05, 0.1) is 12.2 Å². The van der Waals surface area contributed by atoms with Crippen LogP contribution < -0.4 is 14.8 Å². The van der Waals surface area contributed by atoms with Gasteiger partial charge in [-0.3, -0.25) is 9.67 Å². The number of aliphatic imine (C=N–C) groups is 1. The van der Waals surface area contributed by atoms with E-state index in [4.69, 9.17) is 9.47 Å². The summed E-state index contributed by atoms with van der Waals surface area (Å²) in [7, 11) is 5.78. The molecule has 0 saturated heterocycles. The molecule has 7 nitrogen and oxygen atoms in total. The Balaban J connectivity index is 1.58. The van der Waals surface area contributed by atoms with Crippen molar-refractivity contribution in [2.45, 2.75) is 32.4 Å². The van der Waals surface area contributed by atoms with Crippen molar-refractivity contribution < 1.29 is 9.47 Å². The summed E-state index contributed by atoms with van der Waals surface area (Å²) in [5, 5.41) is 7.97. The summed E-state index contributed by atoms with van der Waals surface area (Å²) in [6.45, 7) is 6.21. The van der Waals surface area contributed by atoms with Gasteiger partial charge in [-0.15, -0.1) is 0 Å². The first-order chi connectivity index (χ1) is 13.0. The number of benzene rings is 1. The summed E-state index contributed by atoms with van der Waals surface area (Å²) in [4.78, 5) is 6.50. The third-order valence-corrected chi connectivity index (χ3v) is 4.52. The summed E-state index contributed by atoms with van der Waals surface area (Å²) >= 11 is 0. The number of ether oxygens (including phenoxy) is 2. The molecule has 27 heavy (non-hydrogen) atoms. The summed E-state index contributed by atoms with van der Waals surface area (Å²) in [5.74, 6) is 2.79. The molecule has 0 aliphatic carbocycles. The van der Waals surface area contributed by atoms with Gasteiger partial charge in [0.1, 0.15) is 12.7 Å². The molecule has 1 atom stereocenters. The molecule has 7 heteroatoms. The third-order valence-electron chi connectivity index (χ3n) is 4.52. The van der Waals surface area contributed by atoms with E-state index in [1.54, 1.807) is 7.05 Å². The van der Waals surface area contributed by atoms with E-state index >= 15 is 0 Å². The van der Waals surface area contributed by atoms with Crippen LogP contribution in [0.3, 0.4) is 0 Å². The molecule has 146 valence electrons. The molecule has 1 aliphatic rings. The van der Waals surface area contributed by atoms with E-state index in [2.05, 4.69) is 40.4 Å². The zero-order valence-corrected chi connectivity index (χ0v) is 16.8. The molecule has 0 saturated carbocycles. The van der Waals surface area contributed by atoms with Gasteiger partial charge in [0.15, 0.2) is 17.5 Å². The molecule has 2 aromatic rings. The zero-order valence-electron chi connectivity index (χ0n) is 16.8. The van der Waals surface area contributed by atoms with Crippen molar-refractivity contribution in [3.63, 3.8) is 0 Å². The molecule has 3 rings (SSSR count). The predicted molar refractivity (Wildman–Crippen MR) is 106 cm³/mol. The van der Waals surface area contributed by atoms with Gasteiger partial charge in [-0.25, -0.2) is 0 Å². The van der Waals surface area contributed by atoms with Crippen molar-refractivity contribution in [2.75, 3.05) is 27.2 Å². The second-order valence-corrected chi connectivity index (χ2v) is 7.15. The lowest BCUT2D eigenvalue weighted by Gasteiger charge is -2.28. The SMILES string of the molecule is CN=C(NCC1COc2ccccc2O1)N(C)Cc1cn(C)nc1C(C)C. The van der Waals surface area contributed by atoms with Crippen molar-refractivity contribution in [1.29, 1.82) is 0 Å². The van der Waals surface area contributed by atoms with Crippen molar-refractivity contribution in [2.24, 2.45) is 12.0 Å². The summed E-state index contributed by atoms with van der Waals surface area (Å²) in [6.07, 6.45) is 2.02. The minimum atomic E-state index is -0.0605. The standard InChI is InChI=1S/C20H29N5O2/c1-14(2)19-15(12-25(5)23-19)11-24(4)20(21-3)22-10-16-13-26-17-8-6-7-9-18(17)27-16/h6-9,12,14,16H,10-11,13H2,1-5H3,(H,21,22). The molecule has 2 heterocycles. The van der Waals surface area contributed by atoms with Crippen LogP contribution in [0.4, 0.5) is 0 Å². The smallest absolute Gasteiger partial charge is 0.193 e. The fourth-order valence-electron chi connectivity index (χ4n) is 3.25. The van der Waals surface area contributed by atoms with E-state index in [1.165, 1.54) is 5.56 Å². The van der Waals surface area contributed by atoms with Gasteiger partial charge in [0, 0.05) is 39.4 Å². The minimum Gasteiger partial charge on any atom is -0.486 e. The zero-order chi connectivity index (χ0) is 19.4. The highest BCUT2D eigenvalue weighted by atomic mass is 16.6. The lowest BCUT2D eigenvalue weighted by Crippen LogP contribution is -2.45. The molecule has 1 aliphatic heterocycles. The van der Waals surface area contributed by atoms with Crippen LogP contribution in [0, 0.1) is 0 Å². The van der Waals surface area contributed by atoms with Crippen molar-refractivity contribution in [3.8, 4) is 11.5 Å². The van der Waals surface area contributed by atoms with Gasteiger partial charge in [-0.2, -0.15) is 5.10 Å². The number of para-hydroxylation sites is 2. The topological polar surface area (TPSA) is 63.9 Å². The number of rotatable bonds is 5. The summed E-state index contributed by atoms with van der Waals surface area (Å²) < 4.78 is 13.7. The number of nitrogens with one attached hydrogen (secondary N) is 1. The number of hydrogen-bond donors (Lipinski definition) is 1. The Kier molecular flexibility index (Phi) is 5.88. The fraction of sp³-hybridized carbons (Fsp3) is 0.500. The van der Waals surface area contributed by atoms with Crippen molar-refractivity contribution in [3.05, 3.63) is 41.7 Å². The van der Waals surface area contributed by atoms with Crippen LogP contribution in [0.5, 0.6) is 11.5 Å². The molecular formula is C20H29N5O2. The van der Waals surface area contributed by atoms with E-state index in [9.17, 15) is 0 Å². The van der Waals surface area contributed by atoms with Gasteiger partial charge >= 0.3 is 0 Å². The number of aryl methyl sites for hydroxylation is 1. The molecule has 1 aromatic heterocycles. The highest BCUT2D eigenvalue weighted by Gasteiger charge is 2.21. The predicted octanol–water partition coefficient (Wildman–Crippen LogP) is 2.39. The average Bonchev–Trinajstić information content (AvgIpc) is 3.02. The monoisotopic (exact) mass is 371 g/mol. The van der Waals surface area contributed by atoms with Crippen LogP contribution in [0.2, 0.25) is 0 Å². The highest BCUT2D eigenvalue weighted by molar-refractivity contribution is 5.79. The fourth-order valence-corrected chi connectivity index (χ4v) is 3.25. The van der Waals surface area contributed by atoms with Crippen LogP contribution in [-0.2, 0) is 13.6 Å². The Morgan fingerprint density at radius 2 is 2.11 bits per heavy atom. The van der Waals surface area contributed by atoms with E-state index < -0.39 is 0 Å². The highest BCUT2D eigenvalue weighted by Crippen LogP contribution is 2.30. The molecule has 1 aromatic carbocycles. The van der Waals surface area contributed by atoms with E-state index in [0.29, 0.717) is 19.1 Å². The molecule has 1 unspecified atom stereocenters. The lowest BCUT2D eigenvalue weighted by molar-refractivity contribution is 0.0932. The minimum absolute atomic E-state index is 0.0605. The number of nitrogens with zero attached hydrogens (tertiary/aromatic N) is 4. The Morgan fingerprint density at radius 1 is 1.37 bits per heavy atom. The summed E-state index contributed by atoms with van der Waals surface area (Å²) in [5.41, 5.74) is 2.34. The lowest BCUT2D eigenvalue weighted by atomic mass is 10.1. The van der Waals surface area contributed by atoms with E-state index in [-0.39, 0.29) is 6.10 Å². The summed E-state index contributed by atoms with van der Waals surface area (Å²) in [6, 6.07) is 7.75. The maximum Gasteiger partial charge on any atom is 0.193 e. The van der Waals surface area contributed by atoms with E-state index in [0.717, 1.165) is 29.7 Å². The maximum absolute atomic E-state index is 6.00. The molecular weight excluding hydrogens is 342 g/mol. The van der Waals surface area contributed by atoms with Gasteiger partial charge < -0.3 is 19.7 Å². The first kappa shape index (κ1) is 19.1. The first-order valence-electron chi connectivity index (χ1n) is 9.30. The second kappa shape index (κ2) is 8.33. The van der Waals surface area contributed by atoms with Crippen LogP contribution in [0.15, 0.2) is 35.5 Å². The molecule has 0 bridgehead atoms. The van der Waals surface area contributed by atoms with Gasteiger partial charge in [-0.05, 0) is 18.1 Å².